The predicted molar refractivity (Wildman–Crippen MR) is 87.2 cm³/mol. The minimum absolute atomic E-state index is 0.602. The number of nitrogens with two attached hydrogens (primary N) is 1. The van der Waals surface area contributed by atoms with E-state index in [0.29, 0.717) is 13.2 Å². The van der Waals surface area contributed by atoms with Crippen molar-refractivity contribution in [1.29, 1.82) is 0 Å². The van der Waals surface area contributed by atoms with Crippen molar-refractivity contribution in [2.45, 2.75) is 20.1 Å². The van der Waals surface area contributed by atoms with E-state index in [1.807, 2.05) is 30.3 Å². The van der Waals surface area contributed by atoms with Gasteiger partial charge in [0, 0.05) is 19.6 Å². The third-order valence-electron chi connectivity index (χ3n) is 3.45. The van der Waals surface area contributed by atoms with Gasteiger partial charge in [0.2, 0.25) is 0 Å². The maximum Gasteiger partial charge on any atom is 0.120 e. The summed E-state index contributed by atoms with van der Waals surface area (Å²) >= 11 is 0. The lowest BCUT2D eigenvalue weighted by atomic mass is 10.2. The first-order chi connectivity index (χ1) is 10.3. The van der Waals surface area contributed by atoms with Crippen molar-refractivity contribution >= 4 is 0 Å². The second kappa shape index (κ2) is 8.45. The van der Waals surface area contributed by atoms with Gasteiger partial charge in [-0.05, 0) is 29.8 Å². The van der Waals surface area contributed by atoms with Crippen molar-refractivity contribution in [3.8, 4) is 5.75 Å². The largest absolute Gasteiger partial charge is 0.489 e. The summed E-state index contributed by atoms with van der Waals surface area (Å²) in [4.78, 5) is 2.33. The molecule has 0 aliphatic heterocycles. The van der Waals surface area contributed by atoms with Crippen LogP contribution < -0.4 is 10.5 Å². The molecule has 0 heterocycles. The van der Waals surface area contributed by atoms with E-state index in [2.05, 4.69) is 36.1 Å². The zero-order chi connectivity index (χ0) is 14.9. The van der Waals surface area contributed by atoms with Crippen molar-refractivity contribution in [3.63, 3.8) is 0 Å². The Morgan fingerprint density at radius 2 is 1.76 bits per heavy atom. The second-order valence-electron chi connectivity index (χ2n) is 5.08. The summed E-state index contributed by atoms with van der Waals surface area (Å²) in [6.07, 6.45) is 0. The molecule has 0 spiro atoms. The van der Waals surface area contributed by atoms with Crippen molar-refractivity contribution in [1.82, 2.24) is 4.90 Å². The molecule has 0 saturated heterocycles. The van der Waals surface area contributed by atoms with Crippen molar-refractivity contribution in [2.24, 2.45) is 5.73 Å². The highest BCUT2D eigenvalue weighted by atomic mass is 16.5. The number of nitrogens with zero attached hydrogens (tertiary/aromatic N) is 1. The van der Waals surface area contributed by atoms with Gasteiger partial charge in [0.15, 0.2) is 0 Å². The van der Waals surface area contributed by atoms with Gasteiger partial charge in [-0.2, -0.15) is 0 Å². The van der Waals surface area contributed by atoms with Crippen LogP contribution in [-0.4, -0.2) is 24.5 Å². The van der Waals surface area contributed by atoms with Crippen LogP contribution in [0.15, 0.2) is 54.6 Å². The Hall–Kier alpha value is -1.84. The molecule has 2 rings (SSSR count). The quantitative estimate of drug-likeness (QED) is 0.809. The molecule has 0 aromatic heterocycles. The highest BCUT2D eigenvalue weighted by Gasteiger charge is 2.04. The van der Waals surface area contributed by atoms with Gasteiger partial charge in [-0.1, -0.05) is 49.4 Å². The molecule has 3 nitrogen and oxygen atoms in total. The zero-order valence-electron chi connectivity index (χ0n) is 12.7. The molecule has 0 saturated carbocycles. The highest BCUT2D eigenvalue weighted by molar-refractivity contribution is 5.29. The normalized spacial score (nSPS) is 10.8. The maximum atomic E-state index is 5.86. The first-order valence-corrected chi connectivity index (χ1v) is 7.50. The SMILES string of the molecule is CCN(CCN)Cc1cccc(OCc2ccccc2)c1. The zero-order valence-corrected chi connectivity index (χ0v) is 12.7. The van der Waals surface area contributed by atoms with Crippen LogP contribution in [0, 0.1) is 0 Å². The lowest BCUT2D eigenvalue weighted by molar-refractivity contribution is 0.285. The van der Waals surface area contributed by atoms with Gasteiger partial charge in [0.25, 0.3) is 0 Å². The van der Waals surface area contributed by atoms with Crippen LogP contribution in [0.3, 0.4) is 0 Å². The Bertz CT molecular complexity index is 528. The molecule has 0 atom stereocenters. The summed E-state index contributed by atoms with van der Waals surface area (Å²) in [6, 6.07) is 18.5. The van der Waals surface area contributed by atoms with Gasteiger partial charge in [-0.15, -0.1) is 0 Å². The third kappa shape index (κ3) is 5.21. The van der Waals surface area contributed by atoms with Gasteiger partial charge >= 0.3 is 0 Å². The molecule has 112 valence electrons. The summed E-state index contributed by atoms with van der Waals surface area (Å²) in [5, 5.41) is 0. The van der Waals surface area contributed by atoms with Gasteiger partial charge in [-0.25, -0.2) is 0 Å². The molecule has 0 amide bonds. The molecular weight excluding hydrogens is 260 g/mol. The van der Waals surface area contributed by atoms with E-state index in [9.17, 15) is 0 Å². The number of likely N-dealkylation sites (N-methyl/N-ethyl adjacent to an activating group) is 1. The average molecular weight is 284 g/mol. The summed E-state index contributed by atoms with van der Waals surface area (Å²) < 4.78 is 5.86. The fraction of sp³-hybridized carbons (Fsp3) is 0.333. The average Bonchev–Trinajstić information content (AvgIpc) is 2.54. The number of benzene rings is 2. The molecule has 0 aliphatic carbocycles. The molecule has 2 N–H and O–H groups in total. The van der Waals surface area contributed by atoms with E-state index < -0.39 is 0 Å². The lowest BCUT2D eigenvalue weighted by Crippen LogP contribution is -2.28. The minimum atomic E-state index is 0.602. The fourth-order valence-corrected chi connectivity index (χ4v) is 2.26. The summed E-state index contributed by atoms with van der Waals surface area (Å²) in [6.45, 7) is 6.29. The van der Waals surface area contributed by atoms with E-state index in [0.717, 1.165) is 25.4 Å². The Morgan fingerprint density at radius 1 is 1.00 bits per heavy atom. The molecular formula is C18H24N2O. The number of hydrogen-bond acceptors (Lipinski definition) is 3. The van der Waals surface area contributed by atoms with Crippen molar-refractivity contribution in [2.75, 3.05) is 19.6 Å². The Labute approximate surface area is 127 Å². The van der Waals surface area contributed by atoms with Crippen LogP contribution in [-0.2, 0) is 13.2 Å². The minimum Gasteiger partial charge on any atom is -0.489 e. The van der Waals surface area contributed by atoms with E-state index in [-0.39, 0.29) is 0 Å². The number of rotatable bonds is 8. The van der Waals surface area contributed by atoms with Crippen LogP contribution in [0.4, 0.5) is 0 Å². The van der Waals surface area contributed by atoms with Crippen LogP contribution in [0.1, 0.15) is 18.1 Å². The Kier molecular flexibility index (Phi) is 6.25. The van der Waals surface area contributed by atoms with E-state index in [1.54, 1.807) is 0 Å². The van der Waals surface area contributed by atoms with E-state index >= 15 is 0 Å². The van der Waals surface area contributed by atoms with Gasteiger partial charge in [-0.3, -0.25) is 4.90 Å². The number of hydrogen-bond donors (Lipinski definition) is 1. The van der Waals surface area contributed by atoms with Crippen LogP contribution in [0.25, 0.3) is 0 Å². The maximum absolute atomic E-state index is 5.86. The van der Waals surface area contributed by atoms with Gasteiger partial charge in [0.05, 0.1) is 0 Å². The number of ether oxygens (including phenoxy) is 1. The van der Waals surface area contributed by atoms with Gasteiger partial charge in [0.1, 0.15) is 12.4 Å². The van der Waals surface area contributed by atoms with Crippen molar-refractivity contribution < 1.29 is 4.74 Å². The first-order valence-electron chi connectivity index (χ1n) is 7.50. The smallest absolute Gasteiger partial charge is 0.120 e. The molecule has 2 aromatic carbocycles. The second-order valence-corrected chi connectivity index (χ2v) is 5.08. The third-order valence-corrected chi connectivity index (χ3v) is 3.45. The molecule has 0 bridgehead atoms. The lowest BCUT2D eigenvalue weighted by Gasteiger charge is -2.19. The Morgan fingerprint density at radius 3 is 2.48 bits per heavy atom. The van der Waals surface area contributed by atoms with Crippen LogP contribution in [0.5, 0.6) is 5.75 Å². The Balaban J connectivity index is 1.94. The molecule has 3 heteroatoms. The molecule has 2 aromatic rings. The molecule has 0 radical (unpaired) electrons. The van der Waals surface area contributed by atoms with Gasteiger partial charge < -0.3 is 10.5 Å². The topological polar surface area (TPSA) is 38.5 Å². The fourth-order valence-electron chi connectivity index (χ4n) is 2.26. The first kappa shape index (κ1) is 15.5. The summed E-state index contributed by atoms with van der Waals surface area (Å²) in [7, 11) is 0. The molecule has 21 heavy (non-hydrogen) atoms. The molecule has 0 fully saturated rings. The van der Waals surface area contributed by atoms with E-state index in [4.69, 9.17) is 10.5 Å². The monoisotopic (exact) mass is 284 g/mol. The highest BCUT2D eigenvalue weighted by Crippen LogP contribution is 2.16. The predicted octanol–water partition coefficient (Wildman–Crippen LogP) is 3.05. The molecule has 0 unspecified atom stereocenters. The van der Waals surface area contributed by atoms with Crippen molar-refractivity contribution in [3.05, 3.63) is 65.7 Å². The van der Waals surface area contributed by atoms with Crippen LogP contribution in [0.2, 0.25) is 0 Å². The standard InChI is InChI=1S/C18H24N2O/c1-2-20(12-11-19)14-17-9-6-10-18(13-17)21-15-16-7-4-3-5-8-16/h3-10,13H,2,11-12,14-15,19H2,1H3. The summed E-state index contributed by atoms with van der Waals surface area (Å²) in [5.41, 5.74) is 8.08. The van der Waals surface area contributed by atoms with Crippen LogP contribution >= 0.6 is 0 Å². The summed E-state index contributed by atoms with van der Waals surface area (Å²) in [5.74, 6) is 0.917. The van der Waals surface area contributed by atoms with E-state index in [1.165, 1.54) is 11.1 Å². The molecule has 0 aliphatic rings.